The lowest BCUT2D eigenvalue weighted by Crippen LogP contribution is -2.38. The SMILES string of the molecule is CCN(CCNC1CCS(=O)(=O)C1)CCOC. The number of methoxy groups -OCH3 is 1. The summed E-state index contributed by atoms with van der Waals surface area (Å²) in [5.41, 5.74) is 0. The summed E-state index contributed by atoms with van der Waals surface area (Å²) in [5.74, 6) is 0.642. The fourth-order valence-corrected chi connectivity index (χ4v) is 3.74. The quantitative estimate of drug-likeness (QED) is 0.654. The Bertz CT molecular complexity index is 306. The van der Waals surface area contributed by atoms with E-state index >= 15 is 0 Å². The zero-order valence-corrected chi connectivity index (χ0v) is 11.6. The van der Waals surface area contributed by atoms with E-state index in [4.69, 9.17) is 4.74 Å². The summed E-state index contributed by atoms with van der Waals surface area (Å²) in [6, 6.07) is 0.154. The molecular weight excluding hydrogens is 240 g/mol. The molecule has 0 aromatic heterocycles. The third kappa shape index (κ3) is 5.81. The maximum Gasteiger partial charge on any atom is 0.151 e. The Morgan fingerprint density at radius 2 is 2.18 bits per heavy atom. The van der Waals surface area contributed by atoms with E-state index in [9.17, 15) is 8.42 Å². The number of likely N-dealkylation sites (N-methyl/N-ethyl adjacent to an activating group) is 1. The van der Waals surface area contributed by atoms with Gasteiger partial charge in [-0.25, -0.2) is 8.42 Å². The third-order valence-corrected chi connectivity index (χ3v) is 4.92. The average Bonchev–Trinajstić information content (AvgIpc) is 2.63. The van der Waals surface area contributed by atoms with Crippen LogP contribution in [0, 0.1) is 0 Å². The molecular formula is C11H24N2O3S. The van der Waals surface area contributed by atoms with Crippen LogP contribution in [0.1, 0.15) is 13.3 Å². The molecule has 0 bridgehead atoms. The predicted molar refractivity (Wildman–Crippen MR) is 69.1 cm³/mol. The molecule has 0 aromatic rings. The third-order valence-electron chi connectivity index (χ3n) is 3.15. The van der Waals surface area contributed by atoms with Crippen LogP contribution in [0.2, 0.25) is 0 Å². The molecule has 6 heteroatoms. The molecule has 0 aliphatic carbocycles. The molecule has 1 rings (SSSR count). The predicted octanol–water partition coefficient (Wildman–Crippen LogP) is -0.269. The molecule has 1 N–H and O–H groups in total. The molecule has 0 radical (unpaired) electrons. The first-order valence-electron chi connectivity index (χ1n) is 6.22. The van der Waals surface area contributed by atoms with Gasteiger partial charge in [-0.05, 0) is 13.0 Å². The summed E-state index contributed by atoms with van der Waals surface area (Å²) in [4.78, 5) is 2.29. The first-order chi connectivity index (χ1) is 8.07. The summed E-state index contributed by atoms with van der Waals surface area (Å²) in [6.07, 6.45) is 0.756. The van der Waals surface area contributed by atoms with Crippen molar-refractivity contribution in [2.75, 3.05) is 51.4 Å². The smallest absolute Gasteiger partial charge is 0.151 e. The largest absolute Gasteiger partial charge is 0.383 e. The van der Waals surface area contributed by atoms with Crippen molar-refractivity contribution in [3.63, 3.8) is 0 Å². The lowest BCUT2D eigenvalue weighted by Gasteiger charge is -2.21. The molecule has 17 heavy (non-hydrogen) atoms. The van der Waals surface area contributed by atoms with Gasteiger partial charge < -0.3 is 15.0 Å². The topological polar surface area (TPSA) is 58.6 Å². The Morgan fingerprint density at radius 1 is 1.41 bits per heavy atom. The van der Waals surface area contributed by atoms with Crippen LogP contribution >= 0.6 is 0 Å². The number of ether oxygens (including phenoxy) is 1. The van der Waals surface area contributed by atoms with Gasteiger partial charge in [-0.3, -0.25) is 0 Å². The van der Waals surface area contributed by atoms with Crippen LogP contribution in [0.4, 0.5) is 0 Å². The second-order valence-corrected chi connectivity index (χ2v) is 6.71. The van der Waals surface area contributed by atoms with Crippen LogP contribution in [0.15, 0.2) is 0 Å². The van der Waals surface area contributed by atoms with Gasteiger partial charge in [-0.1, -0.05) is 6.92 Å². The number of hydrogen-bond donors (Lipinski definition) is 1. The van der Waals surface area contributed by atoms with Crippen molar-refractivity contribution in [2.45, 2.75) is 19.4 Å². The van der Waals surface area contributed by atoms with E-state index in [2.05, 4.69) is 17.1 Å². The van der Waals surface area contributed by atoms with E-state index in [1.807, 2.05) is 0 Å². The molecule has 1 heterocycles. The zero-order chi connectivity index (χ0) is 12.7. The highest BCUT2D eigenvalue weighted by Gasteiger charge is 2.27. The van der Waals surface area contributed by atoms with Gasteiger partial charge in [0.1, 0.15) is 0 Å². The Balaban J connectivity index is 2.14. The minimum atomic E-state index is -2.76. The Hall–Kier alpha value is -0.170. The van der Waals surface area contributed by atoms with Crippen molar-refractivity contribution in [1.82, 2.24) is 10.2 Å². The van der Waals surface area contributed by atoms with Gasteiger partial charge >= 0.3 is 0 Å². The van der Waals surface area contributed by atoms with E-state index in [0.29, 0.717) is 11.5 Å². The lowest BCUT2D eigenvalue weighted by molar-refractivity contribution is 0.150. The minimum absolute atomic E-state index is 0.154. The minimum Gasteiger partial charge on any atom is -0.383 e. The van der Waals surface area contributed by atoms with Crippen molar-refractivity contribution in [3.05, 3.63) is 0 Å². The number of hydrogen-bond acceptors (Lipinski definition) is 5. The van der Waals surface area contributed by atoms with Crippen molar-refractivity contribution in [1.29, 1.82) is 0 Å². The summed E-state index contributed by atoms with van der Waals surface area (Å²) >= 11 is 0. The average molecular weight is 264 g/mol. The molecule has 1 fully saturated rings. The van der Waals surface area contributed by atoms with Crippen LogP contribution < -0.4 is 5.32 Å². The molecule has 1 saturated heterocycles. The summed E-state index contributed by atoms with van der Waals surface area (Å²) in [6.45, 7) is 6.57. The molecule has 0 aromatic carbocycles. The lowest BCUT2D eigenvalue weighted by atomic mass is 10.2. The van der Waals surface area contributed by atoms with Crippen molar-refractivity contribution in [3.8, 4) is 0 Å². The van der Waals surface area contributed by atoms with Crippen LogP contribution in [-0.4, -0.2) is 70.8 Å². The van der Waals surface area contributed by atoms with E-state index in [0.717, 1.165) is 39.2 Å². The number of nitrogens with one attached hydrogen (secondary N) is 1. The standard InChI is InChI=1S/C11H24N2O3S/c1-3-13(7-8-16-2)6-5-12-11-4-9-17(14,15)10-11/h11-12H,3-10H2,1-2H3. The van der Waals surface area contributed by atoms with Gasteiger partial charge in [0.05, 0.1) is 18.1 Å². The van der Waals surface area contributed by atoms with Crippen molar-refractivity contribution in [2.24, 2.45) is 0 Å². The monoisotopic (exact) mass is 264 g/mol. The van der Waals surface area contributed by atoms with Crippen molar-refractivity contribution >= 4 is 9.84 Å². The van der Waals surface area contributed by atoms with E-state index < -0.39 is 9.84 Å². The first kappa shape index (κ1) is 14.9. The zero-order valence-electron chi connectivity index (χ0n) is 10.8. The van der Waals surface area contributed by atoms with Gasteiger partial charge in [0.15, 0.2) is 9.84 Å². The number of sulfone groups is 1. The molecule has 0 spiro atoms. The van der Waals surface area contributed by atoms with Crippen LogP contribution in [0.25, 0.3) is 0 Å². The fraction of sp³-hybridized carbons (Fsp3) is 1.00. The Labute approximate surface area is 104 Å². The maximum atomic E-state index is 11.3. The molecule has 0 saturated carbocycles. The van der Waals surface area contributed by atoms with Gasteiger partial charge in [0, 0.05) is 32.8 Å². The number of rotatable bonds is 8. The van der Waals surface area contributed by atoms with E-state index in [1.165, 1.54) is 0 Å². The summed E-state index contributed by atoms with van der Waals surface area (Å²) < 4.78 is 27.6. The second-order valence-electron chi connectivity index (χ2n) is 4.48. The normalized spacial score (nSPS) is 23.4. The van der Waals surface area contributed by atoms with Gasteiger partial charge in [0.2, 0.25) is 0 Å². The molecule has 0 amide bonds. The van der Waals surface area contributed by atoms with Crippen LogP contribution in [0.5, 0.6) is 0 Å². The molecule has 1 aliphatic heterocycles. The highest BCUT2D eigenvalue weighted by atomic mass is 32.2. The number of nitrogens with zero attached hydrogens (tertiary/aromatic N) is 1. The van der Waals surface area contributed by atoms with E-state index in [1.54, 1.807) is 7.11 Å². The molecule has 1 unspecified atom stereocenters. The Morgan fingerprint density at radius 3 is 2.71 bits per heavy atom. The first-order valence-corrected chi connectivity index (χ1v) is 8.04. The fourth-order valence-electron chi connectivity index (χ4n) is 2.03. The van der Waals surface area contributed by atoms with Gasteiger partial charge in [0.25, 0.3) is 0 Å². The highest BCUT2D eigenvalue weighted by molar-refractivity contribution is 7.91. The molecule has 1 atom stereocenters. The van der Waals surface area contributed by atoms with Crippen LogP contribution in [-0.2, 0) is 14.6 Å². The molecule has 102 valence electrons. The van der Waals surface area contributed by atoms with E-state index in [-0.39, 0.29) is 6.04 Å². The highest BCUT2D eigenvalue weighted by Crippen LogP contribution is 2.10. The maximum absolute atomic E-state index is 11.3. The summed E-state index contributed by atoms with van der Waals surface area (Å²) in [7, 11) is -1.06. The van der Waals surface area contributed by atoms with Gasteiger partial charge in [-0.15, -0.1) is 0 Å². The van der Waals surface area contributed by atoms with Crippen LogP contribution in [0.3, 0.4) is 0 Å². The Kier molecular flexibility index (Phi) is 6.40. The van der Waals surface area contributed by atoms with Gasteiger partial charge in [-0.2, -0.15) is 0 Å². The molecule has 5 nitrogen and oxygen atoms in total. The summed E-state index contributed by atoms with van der Waals surface area (Å²) in [5, 5.41) is 3.32. The molecule has 1 aliphatic rings. The van der Waals surface area contributed by atoms with Crippen molar-refractivity contribution < 1.29 is 13.2 Å². The second kappa shape index (κ2) is 7.31.